The zero-order valence-electron chi connectivity index (χ0n) is 16.3. The van der Waals surface area contributed by atoms with Crippen molar-refractivity contribution >= 4 is 35.1 Å². The van der Waals surface area contributed by atoms with Gasteiger partial charge in [0.1, 0.15) is 6.54 Å². The Balaban J connectivity index is 1.86. The summed E-state index contributed by atoms with van der Waals surface area (Å²) in [6.07, 6.45) is -1.02. The monoisotopic (exact) mass is 402 g/mol. The third-order valence-electron chi connectivity index (χ3n) is 4.30. The van der Waals surface area contributed by atoms with Gasteiger partial charge in [0.25, 0.3) is 11.8 Å². The van der Waals surface area contributed by atoms with Gasteiger partial charge in [0, 0.05) is 16.3 Å². The number of carbonyl (C=O) groups is 3. The summed E-state index contributed by atoms with van der Waals surface area (Å²) in [5.74, 6) is -1.58. The minimum atomic E-state index is -1.02. The van der Waals surface area contributed by atoms with Crippen LogP contribution in [0.2, 0.25) is 5.02 Å². The molecule has 2 rings (SSSR count). The van der Waals surface area contributed by atoms with Gasteiger partial charge in [-0.05, 0) is 68.7 Å². The van der Waals surface area contributed by atoms with Crippen LogP contribution >= 0.6 is 11.6 Å². The summed E-state index contributed by atoms with van der Waals surface area (Å²) in [6.45, 7) is 6.80. The number of aryl methyl sites for hydroxylation is 3. The van der Waals surface area contributed by atoms with E-state index in [2.05, 4.69) is 10.6 Å². The number of nitrogens with one attached hydrogen (secondary N) is 2. The number of carbonyl (C=O) groups excluding carboxylic acids is 3. The minimum Gasteiger partial charge on any atom is -0.451 e. The highest BCUT2D eigenvalue weighted by atomic mass is 35.5. The largest absolute Gasteiger partial charge is 0.451 e. The van der Waals surface area contributed by atoms with E-state index in [1.54, 1.807) is 30.3 Å². The number of hydrogen-bond donors (Lipinski definition) is 2. The quantitative estimate of drug-likeness (QED) is 0.723. The van der Waals surface area contributed by atoms with Gasteiger partial charge in [-0.25, -0.2) is 0 Å². The smallest absolute Gasteiger partial charge is 0.326 e. The van der Waals surface area contributed by atoms with Gasteiger partial charge in [-0.1, -0.05) is 23.7 Å². The van der Waals surface area contributed by atoms with Crippen molar-refractivity contribution in [3.05, 3.63) is 63.7 Å². The lowest BCUT2D eigenvalue weighted by molar-refractivity contribution is -0.152. The number of hydrogen-bond acceptors (Lipinski definition) is 4. The van der Waals surface area contributed by atoms with Gasteiger partial charge in [0.2, 0.25) is 0 Å². The Morgan fingerprint density at radius 3 is 2.36 bits per heavy atom. The molecule has 2 aromatic rings. The SMILES string of the molecule is Cc1ccc(C(=O)NCC(=O)OC(C)C(=O)Nc2cc(Cl)ccc2C)cc1C. The molecular weight excluding hydrogens is 380 g/mol. The predicted octanol–water partition coefficient (Wildman–Crippen LogP) is 3.57. The highest BCUT2D eigenvalue weighted by molar-refractivity contribution is 6.31. The summed E-state index contributed by atoms with van der Waals surface area (Å²) in [7, 11) is 0. The summed E-state index contributed by atoms with van der Waals surface area (Å²) in [4.78, 5) is 36.3. The van der Waals surface area contributed by atoms with Crippen molar-refractivity contribution in [2.24, 2.45) is 0 Å². The molecule has 0 saturated carbocycles. The molecule has 2 amide bonds. The number of amides is 2. The van der Waals surface area contributed by atoms with Gasteiger partial charge in [0.05, 0.1) is 0 Å². The average Bonchev–Trinajstić information content (AvgIpc) is 2.64. The van der Waals surface area contributed by atoms with E-state index in [0.717, 1.165) is 16.7 Å². The van der Waals surface area contributed by atoms with E-state index in [4.69, 9.17) is 16.3 Å². The van der Waals surface area contributed by atoms with Crippen molar-refractivity contribution in [3.63, 3.8) is 0 Å². The molecule has 2 N–H and O–H groups in total. The molecule has 0 spiro atoms. The molecule has 0 fully saturated rings. The maximum atomic E-state index is 12.2. The van der Waals surface area contributed by atoms with Crippen molar-refractivity contribution in [1.29, 1.82) is 0 Å². The van der Waals surface area contributed by atoms with E-state index in [9.17, 15) is 14.4 Å². The molecule has 0 radical (unpaired) electrons. The molecule has 0 aromatic heterocycles. The van der Waals surface area contributed by atoms with Crippen molar-refractivity contribution in [1.82, 2.24) is 5.32 Å². The van der Waals surface area contributed by atoms with Crippen molar-refractivity contribution < 1.29 is 19.1 Å². The van der Waals surface area contributed by atoms with E-state index in [1.807, 2.05) is 26.8 Å². The molecule has 1 unspecified atom stereocenters. The Morgan fingerprint density at radius 1 is 1.00 bits per heavy atom. The molecule has 0 heterocycles. The Labute approximate surface area is 169 Å². The van der Waals surface area contributed by atoms with E-state index >= 15 is 0 Å². The van der Waals surface area contributed by atoms with Crippen molar-refractivity contribution in [2.45, 2.75) is 33.8 Å². The second kappa shape index (κ2) is 9.37. The van der Waals surface area contributed by atoms with Gasteiger partial charge < -0.3 is 15.4 Å². The highest BCUT2D eigenvalue weighted by Crippen LogP contribution is 2.20. The molecular formula is C21H23ClN2O4. The fraction of sp³-hybridized carbons (Fsp3) is 0.286. The molecule has 2 aromatic carbocycles. The molecule has 6 nitrogen and oxygen atoms in total. The summed E-state index contributed by atoms with van der Waals surface area (Å²) >= 11 is 5.93. The fourth-order valence-electron chi connectivity index (χ4n) is 2.39. The van der Waals surface area contributed by atoms with Crippen LogP contribution in [-0.4, -0.2) is 30.4 Å². The zero-order chi connectivity index (χ0) is 20.8. The first kappa shape index (κ1) is 21.4. The second-order valence-corrected chi connectivity index (χ2v) is 7.00. The van der Waals surface area contributed by atoms with Gasteiger partial charge in [0.15, 0.2) is 6.10 Å². The van der Waals surface area contributed by atoms with Crippen LogP contribution in [0.25, 0.3) is 0 Å². The molecule has 148 valence electrons. The van der Waals surface area contributed by atoms with E-state index in [0.29, 0.717) is 16.3 Å². The number of benzene rings is 2. The van der Waals surface area contributed by atoms with Crippen LogP contribution in [0.5, 0.6) is 0 Å². The third kappa shape index (κ3) is 5.82. The van der Waals surface area contributed by atoms with E-state index in [-0.39, 0.29) is 12.5 Å². The van der Waals surface area contributed by atoms with Gasteiger partial charge in [-0.2, -0.15) is 0 Å². The summed E-state index contributed by atoms with van der Waals surface area (Å²) in [6, 6.07) is 10.4. The van der Waals surface area contributed by atoms with Crippen LogP contribution in [0.15, 0.2) is 36.4 Å². The van der Waals surface area contributed by atoms with Crippen LogP contribution in [-0.2, 0) is 14.3 Å². The fourth-order valence-corrected chi connectivity index (χ4v) is 2.56. The lowest BCUT2D eigenvalue weighted by Gasteiger charge is -2.15. The lowest BCUT2D eigenvalue weighted by Crippen LogP contribution is -2.36. The Morgan fingerprint density at radius 2 is 1.68 bits per heavy atom. The first-order valence-electron chi connectivity index (χ1n) is 8.79. The van der Waals surface area contributed by atoms with Crippen LogP contribution in [0.4, 0.5) is 5.69 Å². The van der Waals surface area contributed by atoms with Gasteiger partial charge in [-0.3, -0.25) is 14.4 Å². The Hall–Kier alpha value is -2.86. The minimum absolute atomic E-state index is 0.334. The highest BCUT2D eigenvalue weighted by Gasteiger charge is 2.19. The lowest BCUT2D eigenvalue weighted by atomic mass is 10.1. The van der Waals surface area contributed by atoms with Crippen LogP contribution in [0.3, 0.4) is 0 Å². The summed E-state index contributed by atoms with van der Waals surface area (Å²) in [5.41, 5.74) is 3.89. The van der Waals surface area contributed by atoms with Crippen LogP contribution in [0, 0.1) is 20.8 Å². The summed E-state index contributed by atoms with van der Waals surface area (Å²) < 4.78 is 5.08. The molecule has 0 saturated heterocycles. The molecule has 28 heavy (non-hydrogen) atoms. The molecule has 0 bridgehead atoms. The first-order chi connectivity index (χ1) is 13.2. The number of halogens is 1. The van der Waals surface area contributed by atoms with Crippen molar-refractivity contribution in [2.75, 3.05) is 11.9 Å². The number of esters is 1. The predicted molar refractivity (Wildman–Crippen MR) is 109 cm³/mol. The maximum absolute atomic E-state index is 12.2. The molecule has 0 aliphatic heterocycles. The Bertz CT molecular complexity index is 911. The Kier molecular flexibility index (Phi) is 7.18. The topological polar surface area (TPSA) is 84.5 Å². The number of anilines is 1. The van der Waals surface area contributed by atoms with E-state index < -0.39 is 18.0 Å². The number of ether oxygens (including phenoxy) is 1. The van der Waals surface area contributed by atoms with Gasteiger partial charge in [-0.15, -0.1) is 0 Å². The first-order valence-corrected chi connectivity index (χ1v) is 9.17. The third-order valence-corrected chi connectivity index (χ3v) is 4.53. The van der Waals surface area contributed by atoms with Crippen molar-refractivity contribution in [3.8, 4) is 0 Å². The van der Waals surface area contributed by atoms with Crippen LogP contribution < -0.4 is 10.6 Å². The van der Waals surface area contributed by atoms with E-state index in [1.165, 1.54) is 6.92 Å². The normalized spacial score (nSPS) is 11.5. The summed E-state index contributed by atoms with van der Waals surface area (Å²) in [5, 5.41) is 5.65. The molecule has 7 heteroatoms. The van der Waals surface area contributed by atoms with Crippen LogP contribution in [0.1, 0.15) is 34.0 Å². The second-order valence-electron chi connectivity index (χ2n) is 6.56. The standard InChI is InChI=1S/C21H23ClN2O4/c1-12-5-7-16(9-14(12)3)21(27)23-11-19(25)28-15(4)20(26)24-18-10-17(22)8-6-13(18)2/h5-10,15H,11H2,1-4H3,(H,23,27)(H,24,26). The molecule has 0 aliphatic carbocycles. The maximum Gasteiger partial charge on any atom is 0.326 e. The molecule has 1 atom stereocenters. The zero-order valence-corrected chi connectivity index (χ0v) is 17.0. The molecule has 0 aliphatic rings. The number of rotatable bonds is 6. The average molecular weight is 403 g/mol. The van der Waals surface area contributed by atoms with Gasteiger partial charge >= 0.3 is 5.97 Å².